The molecule has 0 bridgehead atoms. The molecule has 1 aromatic carbocycles. The summed E-state index contributed by atoms with van der Waals surface area (Å²) >= 11 is 1.46. The molecular weight excluding hydrogens is 264 g/mol. The van der Waals surface area contributed by atoms with Crippen LogP contribution in [0.1, 0.15) is 12.8 Å². The van der Waals surface area contributed by atoms with E-state index in [-0.39, 0.29) is 11.9 Å². The molecule has 0 atom stereocenters. The van der Waals surface area contributed by atoms with E-state index in [4.69, 9.17) is 5.73 Å². The van der Waals surface area contributed by atoms with E-state index in [9.17, 15) is 9.59 Å². The zero-order valence-electron chi connectivity index (χ0n) is 10.8. The topological polar surface area (TPSA) is 81.4 Å². The number of ether oxygens (including phenoxy) is 1. The number of amides is 1. The number of hydrogen-bond acceptors (Lipinski definition) is 5. The number of esters is 1. The summed E-state index contributed by atoms with van der Waals surface area (Å²) in [5.41, 5.74) is 6.91. The highest BCUT2D eigenvalue weighted by atomic mass is 32.2. The zero-order valence-corrected chi connectivity index (χ0v) is 11.7. The summed E-state index contributed by atoms with van der Waals surface area (Å²) in [6.07, 6.45) is 1.11. The lowest BCUT2D eigenvalue weighted by Gasteiger charge is -2.07. The minimum atomic E-state index is -0.244. The van der Waals surface area contributed by atoms with Gasteiger partial charge in [-0.1, -0.05) is 12.1 Å². The first kappa shape index (κ1) is 15.4. The molecule has 6 heteroatoms. The molecule has 1 aromatic rings. The number of rotatable bonds is 7. The van der Waals surface area contributed by atoms with Crippen molar-refractivity contribution in [2.45, 2.75) is 12.8 Å². The second-order valence-electron chi connectivity index (χ2n) is 3.87. The molecule has 0 heterocycles. The second kappa shape index (κ2) is 8.42. The third-order valence-electron chi connectivity index (χ3n) is 2.37. The van der Waals surface area contributed by atoms with E-state index in [0.717, 1.165) is 5.75 Å². The van der Waals surface area contributed by atoms with Gasteiger partial charge in [-0.25, -0.2) is 0 Å². The smallest absolute Gasteiger partial charge is 0.315 e. The van der Waals surface area contributed by atoms with Crippen LogP contribution in [0, 0.1) is 0 Å². The van der Waals surface area contributed by atoms with E-state index in [1.807, 2.05) is 12.1 Å². The summed E-state index contributed by atoms with van der Waals surface area (Å²) in [6, 6.07) is 7.13. The maximum absolute atomic E-state index is 11.7. The highest BCUT2D eigenvalue weighted by Gasteiger charge is 2.05. The number of carbonyl (C=O) groups is 2. The van der Waals surface area contributed by atoms with Gasteiger partial charge in [0.15, 0.2) is 0 Å². The maximum Gasteiger partial charge on any atom is 0.315 e. The monoisotopic (exact) mass is 282 g/mol. The summed E-state index contributed by atoms with van der Waals surface area (Å²) in [6.45, 7) is 0. The molecule has 104 valence electrons. The fourth-order valence-electron chi connectivity index (χ4n) is 1.37. The van der Waals surface area contributed by atoms with Gasteiger partial charge in [0, 0.05) is 6.42 Å². The van der Waals surface area contributed by atoms with Gasteiger partial charge in [0.05, 0.1) is 24.2 Å². The van der Waals surface area contributed by atoms with E-state index in [0.29, 0.717) is 30.0 Å². The Morgan fingerprint density at radius 3 is 2.79 bits per heavy atom. The van der Waals surface area contributed by atoms with Crippen LogP contribution in [0.4, 0.5) is 11.4 Å². The molecule has 0 aromatic heterocycles. The molecule has 1 rings (SSSR count). The van der Waals surface area contributed by atoms with Crippen LogP contribution in [-0.4, -0.2) is 30.5 Å². The Kier molecular flexibility index (Phi) is 6.81. The molecule has 19 heavy (non-hydrogen) atoms. The Hall–Kier alpha value is -1.69. The van der Waals surface area contributed by atoms with E-state index < -0.39 is 0 Å². The van der Waals surface area contributed by atoms with Gasteiger partial charge in [0.2, 0.25) is 5.91 Å². The Bertz CT molecular complexity index is 438. The predicted octanol–water partition coefficient (Wildman–Crippen LogP) is 1.89. The number of para-hydroxylation sites is 2. The lowest BCUT2D eigenvalue weighted by molar-refractivity contribution is -0.137. The second-order valence-corrected chi connectivity index (χ2v) is 4.97. The van der Waals surface area contributed by atoms with Crippen molar-refractivity contribution in [3.05, 3.63) is 24.3 Å². The standard InChI is InChI=1S/C13H18N2O3S/c1-18-13(17)9-19-8-4-7-12(16)15-11-6-3-2-5-10(11)14/h2-3,5-6H,4,7-9,14H2,1H3,(H,15,16). The van der Waals surface area contributed by atoms with Crippen molar-refractivity contribution < 1.29 is 14.3 Å². The largest absolute Gasteiger partial charge is 0.468 e. The van der Waals surface area contributed by atoms with Crippen molar-refractivity contribution in [1.82, 2.24) is 0 Å². The molecule has 0 aliphatic heterocycles. The van der Waals surface area contributed by atoms with Gasteiger partial charge in [0.1, 0.15) is 0 Å². The van der Waals surface area contributed by atoms with E-state index in [1.54, 1.807) is 12.1 Å². The minimum absolute atomic E-state index is 0.0726. The normalized spacial score (nSPS) is 9.95. The maximum atomic E-state index is 11.7. The van der Waals surface area contributed by atoms with Crippen LogP contribution in [0.2, 0.25) is 0 Å². The van der Waals surface area contributed by atoms with Crippen molar-refractivity contribution >= 4 is 35.0 Å². The van der Waals surface area contributed by atoms with Crippen molar-refractivity contribution in [3.8, 4) is 0 Å². The minimum Gasteiger partial charge on any atom is -0.468 e. The number of nitrogens with two attached hydrogens (primary N) is 1. The van der Waals surface area contributed by atoms with Crippen molar-refractivity contribution in [2.75, 3.05) is 29.7 Å². The fourth-order valence-corrected chi connectivity index (χ4v) is 2.15. The number of nitrogens with one attached hydrogen (secondary N) is 1. The number of benzene rings is 1. The van der Waals surface area contributed by atoms with Crippen LogP contribution in [0.15, 0.2) is 24.3 Å². The van der Waals surface area contributed by atoms with Gasteiger partial charge < -0.3 is 15.8 Å². The number of hydrogen-bond donors (Lipinski definition) is 2. The van der Waals surface area contributed by atoms with E-state index >= 15 is 0 Å². The summed E-state index contributed by atoms with van der Waals surface area (Å²) in [4.78, 5) is 22.5. The van der Waals surface area contributed by atoms with Crippen molar-refractivity contribution in [2.24, 2.45) is 0 Å². The molecule has 3 N–H and O–H groups in total. The zero-order chi connectivity index (χ0) is 14.1. The SMILES string of the molecule is COC(=O)CSCCCC(=O)Nc1ccccc1N. The number of anilines is 2. The molecule has 0 unspecified atom stereocenters. The lowest BCUT2D eigenvalue weighted by atomic mass is 10.2. The Morgan fingerprint density at radius 2 is 2.11 bits per heavy atom. The van der Waals surface area contributed by atoms with Gasteiger partial charge in [-0.2, -0.15) is 11.8 Å². The van der Waals surface area contributed by atoms with Crippen LogP contribution in [0.3, 0.4) is 0 Å². The summed E-state index contributed by atoms with van der Waals surface area (Å²) in [5, 5.41) is 2.76. The first-order valence-electron chi connectivity index (χ1n) is 5.92. The number of nitrogen functional groups attached to an aromatic ring is 1. The van der Waals surface area contributed by atoms with Gasteiger partial charge in [0.25, 0.3) is 0 Å². The molecule has 1 amide bonds. The molecule has 0 spiro atoms. The number of thioether (sulfide) groups is 1. The summed E-state index contributed by atoms with van der Waals surface area (Å²) in [5.74, 6) is 0.749. The molecule has 0 radical (unpaired) electrons. The quantitative estimate of drug-likeness (QED) is 0.453. The number of methoxy groups -OCH3 is 1. The molecule has 0 aliphatic carbocycles. The van der Waals surface area contributed by atoms with Crippen LogP contribution >= 0.6 is 11.8 Å². The average Bonchev–Trinajstić information content (AvgIpc) is 2.40. The highest BCUT2D eigenvalue weighted by Crippen LogP contribution is 2.17. The van der Waals surface area contributed by atoms with Crippen molar-refractivity contribution in [3.63, 3.8) is 0 Å². The van der Waals surface area contributed by atoms with Crippen molar-refractivity contribution in [1.29, 1.82) is 0 Å². The van der Waals surface area contributed by atoms with Crippen LogP contribution < -0.4 is 11.1 Å². The molecule has 0 saturated carbocycles. The molecule has 0 aliphatic rings. The van der Waals surface area contributed by atoms with Crippen LogP contribution in [0.5, 0.6) is 0 Å². The molecule has 5 nitrogen and oxygen atoms in total. The molecule has 0 saturated heterocycles. The fraction of sp³-hybridized carbons (Fsp3) is 0.385. The third-order valence-corrected chi connectivity index (χ3v) is 3.39. The molecule has 0 fully saturated rings. The first-order valence-corrected chi connectivity index (χ1v) is 7.08. The first-order chi connectivity index (χ1) is 9.13. The Balaban J connectivity index is 2.18. The average molecular weight is 282 g/mol. The Morgan fingerprint density at radius 1 is 1.37 bits per heavy atom. The van der Waals surface area contributed by atoms with Gasteiger partial charge in [-0.15, -0.1) is 0 Å². The van der Waals surface area contributed by atoms with Gasteiger partial charge >= 0.3 is 5.97 Å². The van der Waals surface area contributed by atoms with Crippen LogP contribution in [-0.2, 0) is 14.3 Å². The summed E-state index contributed by atoms with van der Waals surface area (Å²) in [7, 11) is 1.36. The Labute approximate surface area is 116 Å². The van der Waals surface area contributed by atoms with Gasteiger partial charge in [-0.05, 0) is 24.3 Å². The highest BCUT2D eigenvalue weighted by molar-refractivity contribution is 7.99. The van der Waals surface area contributed by atoms with E-state index in [2.05, 4.69) is 10.1 Å². The molecular formula is C13H18N2O3S. The number of carbonyl (C=O) groups excluding carboxylic acids is 2. The van der Waals surface area contributed by atoms with E-state index in [1.165, 1.54) is 18.9 Å². The predicted molar refractivity (Wildman–Crippen MR) is 78.1 cm³/mol. The lowest BCUT2D eigenvalue weighted by Crippen LogP contribution is -2.13. The van der Waals surface area contributed by atoms with Gasteiger partial charge in [-0.3, -0.25) is 9.59 Å². The van der Waals surface area contributed by atoms with Crippen LogP contribution in [0.25, 0.3) is 0 Å². The third kappa shape index (κ3) is 6.15. The summed E-state index contributed by atoms with van der Waals surface area (Å²) < 4.78 is 4.52.